The molecule has 28 heavy (non-hydrogen) atoms. The van der Waals surface area contributed by atoms with Gasteiger partial charge in [-0.15, -0.1) is 12.4 Å². The van der Waals surface area contributed by atoms with E-state index in [0.717, 1.165) is 38.8 Å². The zero-order valence-electron chi connectivity index (χ0n) is 16.6. The standard InChI is InChI=1S/C21H31N3O3.ClH/c1-27-15-21(11-13-22-14-12-21)20(26)24-18-9-7-16(8-10-18)19(25)23-17-5-3-2-4-6-17;/h7-10,17,22H,2-6,11-15H2,1H3,(H,23,25)(H,24,26);1H. The van der Waals surface area contributed by atoms with Crippen molar-refractivity contribution in [3.05, 3.63) is 29.8 Å². The van der Waals surface area contributed by atoms with Gasteiger partial charge in [0.25, 0.3) is 5.91 Å². The summed E-state index contributed by atoms with van der Waals surface area (Å²) in [5, 5.41) is 9.42. The highest BCUT2D eigenvalue weighted by atomic mass is 35.5. The molecule has 1 aromatic rings. The van der Waals surface area contributed by atoms with Gasteiger partial charge in [0.2, 0.25) is 5.91 Å². The highest BCUT2D eigenvalue weighted by molar-refractivity contribution is 5.97. The number of methoxy groups -OCH3 is 1. The van der Waals surface area contributed by atoms with Gasteiger partial charge in [-0.2, -0.15) is 0 Å². The summed E-state index contributed by atoms with van der Waals surface area (Å²) < 4.78 is 5.32. The second kappa shape index (κ2) is 10.8. The van der Waals surface area contributed by atoms with Crippen molar-refractivity contribution in [2.24, 2.45) is 5.41 Å². The highest BCUT2D eigenvalue weighted by Crippen LogP contribution is 2.31. The number of carbonyl (C=O) groups excluding carboxylic acids is 2. The van der Waals surface area contributed by atoms with Crippen molar-refractivity contribution in [3.8, 4) is 0 Å². The van der Waals surface area contributed by atoms with E-state index in [1.54, 1.807) is 31.4 Å². The molecular formula is C21H32ClN3O3. The molecule has 1 saturated heterocycles. The molecule has 1 aliphatic carbocycles. The minimum Gasteiger partial charge on any atom is -0.384 e. The molecule has 0 spiro atoms. The van der Waals surface area contributed by atoms with Gasteiger partial charge in [0, 0.05) is 24.4 Å². The van der Waals surface area contributed by atoms with Crippen LogP contribution in [0.25, 0.3) is 0 Å². The number of nitrogens with one attached hydrogen (secondary N) is 3. The lowest BCUT2D eigenvalue weighted by Crippen LogP contribution is -2.47. The van der Waals surface area contributed by atoms with Gasteiger partial charge in [-0.1, -0.05) is 19.3 Å². The third kappa shape index (κ3) is 5.69. The Hall–Kier alpha value is -1.63. The Kier molecular flexibility index (Phi) is 8.73. The second-order valence-electron chi connectivity index (χ2n) is 7.80. The maximum Gasteiger partial charge on any atom is 0.251 e. The van der Waals surface area contributed by atoms with E-state index in [0.29, 0.717) is 23.9 Å². The zero-order valence-corrected chi connectivity index (χ0v) is 17.4. The van der Waals surface area contributed by atoms with Gasteiger partial charge in [-0.05, 0) is 63.0 Å². The largest absolute Gasteiger partial charge is 0.384 e. The Morgan fingerprint density at radius 2 is 1.75 bits per heavy atom. The van der Waals surface area contributed by atoms with Gasteiger partial charge in [-0.25, -0.2) is 0 Å². The molecule has 0 radical (unpaired) electrons. The lowest BCUT2D eigenvalue weighted by Gasteiger charge is -2.35. The predicted octanol–water partition coefficient (Wildman–Crippen LogP) is 3.13. The van der Waals surface area contributed by atoms with Crippen LogP contribution in [-0.2, 0) is 9.53 Å². The molecule has 3 N–H and O–H groups in total. The lowest BCUT2D eigenvalue weighted by atomic mass is 9.78. The fourth-order valence-corrected chi connectivity index (χ4v) is 4.10. The number of anilines is 1. The summed E-state index contributed by atoms with van der Waals surface area (Å²) in [4.78, 5) is 25.3. The minimum absolute atomic E-state index is 0. The van der Waals surface area contributed by atoms with E-state index >= 15 is 0 Å². The summed E-state index contributed by atoms with van der Waals surface area (Å²) in [6, 6.07) is 7.45. The molecule has 1 aromatic carbocycles. The van der Waals surface area contributed by atoms with Gasteiger partial charge in [0.05, 0.1) is 12.0 Å². The Bertz CT molecular complexity index is 633. The first-order valence-corrected chi connectivity index (χ1v) is 10.0. The van der Waals surface area contributed by atoms with E-state index in [9.17, 15) is 9.59 Å². The van der Waals surface area contributed by atoms with Crippen molar-refractivity contribution in [1.29, 1.82) is 0 Å². The van der Waals surface area contributed by atoms with Crippen LogP contribution in [0.15, 0.2) is 24.3 Å². The summed E-state index contributed by atoms with van der Waals surface area (Å²) >= 11 is 0. The SMILES string of the molecule is COCC1(C(=O)Nc2ccc(C(=O)NC3CCCCC3)cc2)CCNCC1.Cl. The van der Waals surface area contributed by atoms with E-state index in [1.165, 1.54) is 19.3 Å². The fourth-order valence-electron chi connectivity index (χ4n) is 4.10. The smallest absolute Gasteiger partial charge is 0.251 e. The molecule has 0 atom stereocenters. The Morgan fingerprint density at radius 1 is 1.11 bits per heavy atom. The fraction of sp³-hybridized carbons (Fsp3) is 0.619. The van der Waals surface area contributed by atoms with Gasteiger partial charge in [0.1, 0.15) is 0 Å². The summed E-state index contributed by atoms with van der Waals surface area (Å²) in [7, 11) is 1.64. The first-order valence-electron chi connectivity index (χ1n) is 10.0. The monoisotopic (exact) mass is 409 g/mol. The van der Waals surface area contributed by atoms with Crippen molar-refractivity contribution >= 4 is 29.9 Å². The molecule has 6 nitrogen and oxygen atoms in total. The Labute approximate surface area is 173 Å². The number of benzene rings is 1. The highest BCUT2D eigenvalue weighted by Gasteiger charge is 2.39. The van der Waals surface area contributed by atoms with Gasteiger partial charge in [0.15, 0.2) is 0 Å². The van der Waals surface area contributed by atoms with E-state index in [1.807, 2.05) is 0 Å². The topological polar surface area (TPSA) is 79.5 Å². The molecule has 2 amide bonds. The Balaban J connectivity index is 0.00000280. The third-order valence-corrected chi connectivity index (χ3v) is 5.81. The lowest BCUT2D eigenvalue weighted by molar-refractivity contribution is -0.130. The van der Waals surface area contributed by atoms with Crippen LogP contribution in [0.5, 0.6) is 0 Å². The first kappa shape index (κ1) is 22.7. The van der Waals surface area contributed by atoms with Gasteiger partial charge < -0.3 is 20.7 Å². The van der Waals surface area contributed by atoms with Crippen molar-refractivity contribution < 1.29 is 14.3 Å². The number of amides is 2. The van der Waals surface area contributed by atoms with Crippen molar-refractivity contribution in [1.82, 2.24) is 10.6 Å². The summed E-state index contributed by atoms with van der Waals surface area (Å²) in [6.45, 7) is 2.05. The molecular weight excluding hydrogens is 378 g/mol. The number of hydrogen-bond donors (Lipinski definition) is 3. The number of carbonyl (C=O) groups is 2. The number of piperidine rings is 1. The van der Waals surface area contributed by atoms with Crippen molar-refractivity contribution in [2.75, 3.05) is 32.1 Å². The maximum absolute atomic E-state index is 12.9. The molecule has 2 fully saturated rings. The molecule has 7 heteroatoms. The molecule has 1 aliphatic heterocycles. The quantitative estimate of drug-likeness (QED) is 0.674. The van der Waals surface area contributed by atoms with E-state index in [2.05, 4.69) is 16.0 Å². The average molecular weight is 410 g/mol. The number of ether oxygens (including phenoxy) is 1. The third-order valence-electron chi connectivity index (χ3n) is 5.81. The van der Waals surface area contributed by atoms with E-state index in [4.69, 9.17) is 4.74 Å². The molecule has 3 rings (SSSR count). The van der Waals surface area contributed by atoms with Crippen molar-refractivity contribution in [3.63, 3.8) is 0 Å². The van der Waals surface area contributed by atoms with Crippen LogP contribution >= 0.6 is 12.4 Å². The Morgan fingerprint density at radius 3 is 2.36 bits per heavy atom. The van der Waals surface area contributed by atoms with Crippen LogP contribution in [0.2, 0.25) is 0 Å². The molecule has 1 saturated carbocycles. The van der Waals surface area contributed by atoms with E-state index in [-0.39, 0.29) is 24.2 Å². The first-order chi connectivity index (χ1) is 13.1. The maximum atomic E-state index is 12.9. The molecule has 0 unspecified atom stereocenters. The predicted molar refractivity (Wildman–Crippen MR) is 113 cm³/mol. The average Bonchev–Trinajstić information content (AvgIpc) is 2.70. The van der Waals surface area contributed by atoms with Crippen LogP contribution in [0.1, 0.15) is 55.3 Å². The summed E-state index contributed by atoms with van der Waals surface area (Å²) in [5.74, 6) is -0.0424. The molecule has 156 valence electrons. The van der Waals surface area contributed by atoms with Crippen LogP contribution in [0.4, 0.5) is 5.69 Å². The van der Waals surface area contributed by atoms with Crippen LogP contribution in [-0.4, -0.2) is 44.7 Å². The second-order valence-corrected chi connectivity index (χ2v) is 7.80. The zero-order chi connectivity index (χ0) is 19.1. The minimum atomic E-state index is -0.489. The van der Waals surface area contributed by atoms with Crippen molar-refractivity contribution in [2.45, 2.75) is 51.0 Å². The molecule has 0 aromatic heterocycles. The van der Waals surface area contributed by atoms with Crippen LogP contribution < -0.4 is 16.0 Å². The van der Waals surface area contributed by atoms with Crippen LogP contribution in [0, 0.1) is 5.41 Å². The summed E-state index contributed by atoms with van der Waals surface area (Å²) in [6.07, 6.45) is 7.29. The number of halogens is 1. The molecule has 0 bridgehead atoms. The number of hydrogen-bond acceptors (Lipinski definition) is 4. The molecule has 1 heterocycles. The van der Waals surface area contributed by atoms with Gasteiger partial charge in [-0.3, -0.25) is 9.59 Å². The van der Waals surface area contributed by atoms with E-state index < -0.39 is 5.41 Å². The number of rotatable bonds is 6. The normalized spacial score (nSPS) is 19.3. The summed E-state index contributed by atoms with van der Waals surface area (Å²) in [5.41, 5.74) is 0.854. The van der Waals surface area contributed by atoms with Gasteiger partial charge >= 0.3 is 0 Å². The van der Waals surface area contributed by atoms with Crippen LogP contribution in [0.3, 0.4) is 0 Å². The molecule has 2 aliphatic rings.